The summed E-state index contributed by atoms with van der Waals surface area (Å²) in [6.45, 7) is 17.0. The Balaban J connectivity index is 3.22. The van der Waals surface area contributed by atoms with Crippen molar-refractivity contribution < 1.29 is 8.63 Å². The normalized spacial score (nSPS) is 16.0. The van der Waals surface area contributed by atoms with Gasteiger partial charge in [-0.05, 0) is 44.6 Å². The van der Waals surface area contributed by atoms with Crippen molar-refractivity contribution in [2.75, 3.05) is 12.4 Å². The van der Waals surface area contributed by atoms with Gasteiger partial charge in [0.05, 0.1) is 28.1 Å². The van der Waals surface area contributed by atoms with Gasteiger partial charge in [0.1, 0.15) is 0 Å². The minimum absolute atomic E-state index is 0.0736. The van der Waals surface area contributed by atoms with Crippen molar-refractivity contribution in [3.63, 3.8) is 0 Å². The van der Waals surface area contributed by atoms with Crippen LogP contribution in [-0.4, -0.2) is 30.9 Å². The Morgan fingerprint density at radius 3 is 2.26 bits per heavy atom. The van der Waals surface area contributed by atoms with Gasteiger partial charge >= 0.3 is 0 Å². The van der Waals surface area contributed by atoms with E-state index in [0.29, 0.717) is 12.4 Å². The quantitative estimate of drug-likeness (QED) is 0.493. The summed E-state index contributed by atoms with van der Waals surface area (Å²) in [6, 6.07) is 7.73. The minimum atomic E-state index is -2.50. The topological polar surface area (TPSA) is 38.7 Å². The predicted octanol–water partition coefficient (Wildman–Crippen LogP) is 4.88. The van der Waals surface area contributed by atoms with Crippen LogP contribution in [0.3, 0.4) is 0 Å². The summed E-state index contributed by atoms with van der Waals surface area (Å²) < 4.78 is 24.2. The molecule has 0 aliphatic heterocycles. The lowest BCUT2D eigenvalue weighted by Crippen LogP contribution is -2.32. The summed E-state index contributed by atoms with van der Waals surface area (Å²) in [4.78, 5) is 0.779. The van der Waals surface area contributed by atoms with Crippen LogP contribution >= 0.6 is 0 Å². The molecule has 0 saturated carbocycles. The molecule has 0 amide bonds. The van der Waals surface area contributed by atoms with Crippen LogP contribution < -0.4 is 0 Å². The predicted molar refractivity (Wildman–Crippen MR) is 103 cm³/mol. The van der Waals surface area contributed by atoms with E-state index in [9.17, 15) is 4.21 Å². The first-order valence-corrected chi connectivity index (χ1v) is 13.2. The van der Waals surface area contributed by atoms with Gasteiger partial charge in [-0.3, -0.25) is 0 Å². The van der Waals surface area contributed by atoms with Gasteiger partial charge in [-0.25, -0.2) is 8.57 Å². The second-order valence-corrected chi connectivity index (χ2v) is 14.1. The molecule has 1 rings (SSSR count). The fourth-order valence-electron chi connectivity index (χ4n) is 2.01. The molecule has 0 aliphatic carbocycles. The van der Waals surface area contributed by atoms with E-state index in [2.05, 4.69) is 40.1 Å². The van der Waals surface area contributed by atoms with E-state index in [4.69, 9.17) is 8.79 Å². The molecular weight excluding hydrogens is 322 g/mol. The molecule has 0 saturated heterocycles. The van der Waals surface area contributed by atoms with Crippen molar-refractivity contribution in [3.8, 4) is 0 Å². The summed E-state index contributed by atoms with van der Waals surface area (Å²) in [5.74, 6) is 0.647. The molecule has 130 valence electrons. The van der Waals surface area contributed by atoms with Gasteiger partial charge in [0.25, 0.3) is 0 Å². The SMILES string of the molecule is C=CCS(=O)(=N[C@H](CO[Si](C)(C)C)C(C)C)c1ccc(C)cc1. The van der Waals surface area contributed by atoms with E-state index in [1.807, 2.05) is 31.2 Å². The molecule has 0 heterocycles. The number of aryl methyl sites for hydroxylation is 1. The van der Waals surface area contributed by atoms with Crippen molar-refractivity contribution >= 4 is 18.0 Å². The molecule has 1 unspecified atom stereocenters. The van der Waals surface area contributed by atoms with Crippen LogP contribution in [0.15, 0.2) is 46.2 Å². The van der Waals surface area contributed by atoms with E-state index in [0.717, 1.165) is 10.5 Å². The third kappa shape index (κ3) is 6.61. The molecule has 0 aromatic heterocycles. The number of rotatable bonds is 8. The fourth-order valence-corrected chi connectivity index (χ4v) is 4.70. The summed E-state index contributed by atoms with van der Waals surface area (Å²) >= 11 is 0. The third-order valence-electron chi connectivity index (χ3n) is 3.50. The van der Waals surface area contributed by atoms with Crippen LogP contribution in [0.1, 0.15) is 19.4 Å². The highest BCUT2D eigenvalue weighted by molar-refractivity contribution is 7.93. The van der Waals surface area contributed by atoms with Gasteiger partial charge < -0.3 is 4.43 Å². The van der Waals surface area contributed by atoms with Gasteiger partial charge in [0, 0.05) is 4.90 Å². The molecule has 1 aromatic carbocycles. The highest BCUT2D eigenvalue weighted by Gasteiger charge is 2.22. The zero-order chi connectivity index (χ0) is 17.7. The Morgan fingerprint density at radius 1 is 1.26 bits per heavy atom. The Labute approximate surface area is 143 Å². The average Bonchev–Trinajstić information content (AvgIpc) is 2.43. The van der Waals surface area contributed by atoms with Crippen LogP contribution in [-0.2, 0) is 14.2 Å². The molecule has 1 aromatic rings. The van der Waals surface area contributed by atoms with Crippen LogP contribution in [0.4, 0.5) is 0 Å². The Morgan fingerprint density at radius 2 is 1.83 bits per heavy atom. The molecule has 0 aliphatic rings. The highest BCUT2D eigenvalue weighted by Crippen LogP contribution is 2.20. The van der Waals surface area contributed by atoms with Crippen LogP contribution in [0.25, 0.3) is 0 Å². The molecule has 0 N–H and O–H groups in total. The minimum Gasteiger partial charge on any atom is -0.415 e. The number of hydrogen-bond acceptors (Lipinski definition) is 3. The largest absolute Gasteiger partial charge is 0.415 e. The number of hydrogen-bond donors (Lipinski definition) is 0. The molecule has 0 radical (unpaired) electrons. The van der Waals surface area contributed by atoms with E-state index in [-0.39, 0.29) is 12.0 Å². The molecule has 0 fully saturated rings. The van der Waals surface area contributed by atoms with E-state index in [1.54, 1.807) is 6.08 Å². The average molecular weight is 354 g/mol. The van der Waals surface area contributed by atoms with E-state index in [1.165, 1.54) is 0 Å². The van der Waals surface area contributed by atoms with E-state index < -0.39 is 18.0 Å². The summed E-state index contributed by atoms with van der Waals surface area (Å²) in [5, 5.41) is 0. The fraction of sp³-hybridized carbons (Fsp3) is 0.556. The molecule has 5 heteroatoms. The number of benzene rings is 1. The van der Waals surface area contributed by atoms with Crippen molar-refractivity contribution in [1.82, 2.24) is 0 Å². The van der Waals surface area contributed by atoms with Crippen molar-refractivity contribution in [1.29, 1.82) is 0 Å². The monoisotopic (exact) mass is 353 g/mol. The first-order chi connectivity index (χ1) is 10.6. The summed E-state index contributed by atoms with van der Waals surface area (Å²) in [5.41, 5.74) is 1.15. The summed E-state index contributed by atoms with van der Waals surface area (Å²) in [6.07, 6.45) is 1.70. The third-order valence-corrected chi connectivity index (χ3v) is 6.84. The smallest absolute Gasteiger partial charge is 0.183 e. The van der Waals surface area contributed by atoms with Gasteiger partial charge in [0.15, 0.2) is 8.32 Å². The van der Waals surface area contributed by atoms with Crippen LogP contribution in [0.5, 0.6) is 0 Å². The number of nitrogens with zero attached hydrogens (tertiary/aromatic N) is 1. The van der Waals surface area contributed by atoms with Gasteiger partial charge in [-0.15, -0.1) is 6.58 Å². The molecule has 0 spiro atoms. The summed E-state index contributed by atoms with van der Waals surface area (Å²) in [7, 11) is -4.12. The van der Waals surface area contributed by atoms with Crippen LogP contribution in [0, 0.1) is 12.8 Å². The zero-order valence-corrected chi connectivity index (χ0v) is 17.2. The lowest BCUT2D eigenvalue weighted by atomic mass is 10.1. The Hall–Kier alpha value is -0.913. The maximum atomic E-state index is 13.5. The van der Waals surface area contributed by atoms with Crippen molar-refractivity contribution in [2.24, 2.45) is 10.3 Å². The molecule has 0 bridgehead atoms. The Kier molecular flexibility index (Phi) is 7.23. The van der Waals surface area contributed by atoms with Crippen LogP contribution in [0.2, 0.25) is 19.6 Å². The van der Waals surface area contributed by atoms with E-state index >= 15 is 0 Å². The molecule has 3 nitrogen and oxygen atoms in total. The van der Waals surface area contributed by atoms with Gasteiger partial charge in [-0.2, -0.15) is 0 Å². The first kappa shape index (κ1) is 20.1. The molecule has 23 heavy (non-hydrogen) atoms. The maximum absolute atomic E-state index is 13.5. The van der Waals surface area contributed by atoms with Crippen molar-refractivity contribution in [3.05, 3.63) is 42.5 Å². The molecule has 2 atom stereocenters. The maximum Gasteiger partial charge on any atom is 0.183 e. The van der Waals surface area contributed by atoms with Crippen molar-refractivity contribution in [2.45, 2.75) is 51.3 Å². The lowest BCUT2D eigenvalue weighted by molar-refractivity contribution is 0.256. The lowest BCUT2D eigenvalue weighted by Gasteiger charge is -2.24. The highest BCUT2D eigenvalue weighted by atomic mass is 32.2. The standard InChI is InChI=1S/C18H31NO2SSi/c1-8-13-22(20,17-11-9-16(4)10-12-17)19-18(15(2)3)14-21-23(5,6)7/h8-12,15,18H,1,13-14H2,2-7H3/t18-,22?/m1/s1. The zero-order valence-electron chi connectivity index (χ0n) is 15.3. The second-order valence-electron chi connectivity index (χ2n) is 7.25. The first-order valence-electron chi connectivity index (χ1n) is 8.13. The van der Waals surface area contributed by atoms with Gasteiger partial charge in [0.2, 0.25) is 0 Å². The van der Waals surface area contributed by atoms with Gasteiger partial charge in [-0.1, -0.05) is 37.6 Å². The second kappa shape index (κ2) is 8.26. The molecular formula is C18H31NO2SSi. The Bertz CT molecular complexity index is 623.